The zero-order valence-corrected chi connectivity index (χ0v) is 22.6. The van der Waals surface area contributed by atoms with E-state index in [2.05, 4.69) is 38.4 Å². The number of allylic oxidation sites excluding steroid dienone is 8. The van der Waals surface area contributed by atoms with Gasteiger partial charge in [-0.15, -0.1) is 0 Å². The molecule has 2 saturated carbocycles. The largest absolute Gasteiger partial charge is 0.497 e. The van der Waals surface area contributed by atoms with Crippen LogP contribution in [-0.2, 0) is 14.2 Å². The highest BCUT2D eigenvalue weighted by atomic mass is 19.1. The van der Waals surface area contributed by atoms with Crippen molar-refractivity contribution in [3.63, 3.8) is 0 Å². The van der Waals surface area contributed by atoms with Crippen LogP contribution >= 0.6 is 0 Å². The molecule has 2 aliphatic carbocycles. The molecule has 1 saturated heterocycles. The van der Waals surface area contributed by atoms with Crippen molar-refractivity contribution in [3.05, 3.63) is 69.8 Å². The third-order valence-corrected chi connectivity index (χ3v) is 7.27. The number of ether oxygens (including phenoxy) is 3. The Morgan fingerprint density at radius 3 is 2.43 bits per heavy atom. The van der Waals surface area contributed by atoms with Gasteiger partial charge in [-0.1, -0.05) is 20.4 Å². The lowest BCUT2D eigenvalue weighted by Crippen LogP contribution is -2.43. The highest BCUT2D eigenvalue weighted by Gasteiger charge is 2.46. The Morgan fingerprint density at radius 1 is 1.20 bits per heavy atom. The van der Waals surface area contributed by atoms with Crippen molar-refractivity contribution >= 4 is 5.90 Å². The SMILES string of the molecule is C=C1/C(=C\C(=N/C)OCC(/C=C(C)/C(CC)=C(C)/C=C(\C)OCC2(C)COC2)=C(/C)F)C[C@H]2C[C@@H]12. The first-order valence-corrected chi connectivity index (χ1v) is 12.7. The molecular formula is C30H42FNO3. The normalized spacial score (nSPS) is 26.7. The number of hydrogen-bond donors (Lipinski definition) is 0. The van der Waals surface area contributed by atoms with Crippen LogP contribution in [0.25, 0.3) is 0 Å². The molecule has 0 N–H and O–H groups in total. The average Bonchev–Trinajstić information content (AvgIpc) is 3.49. The molecule has 1 heterocycles. The summed E-state index contributed by atoms with van der Waals surface area (Å²) in [5.74, 6) is 2.54. The van der Waals surface area contributed by atoms with Gasteiger partial charge in [0, 0.05) is 24.1 Å². The number of hydrogen-bond acceptors (Lipinski definition) is 4. The number of halogens is 1. The van der Waals surface area contributed by atoms with Gasteiger partial charge >= 0.3 is 0 Å². The monoisotopic (exact) mass is 483 g/mol. The van der Waals surface area contributed by atoms with Crippen LogP contribution in [0.1, 0.15) is 60.8 Å². The Labute approximate surface area is 211 Å². The van der Waals surface area contributed by atoms with E-state index in [1.54, 1.807) is 7.05 Å². The summed E-state index contributed by atoms with van der Waals surface area (Å²) in [6, 6.07) is 0. The predicted molar refractivity (Wildman–Crippen MR) is 142 cm³/mol. The third kappa shape index (κ3) is 7.07. The smallest absolute Gasteiger partial charge is 0.208 e. The fraction of sp³-hybridized carbons (Fsp3) is 0.567. The molecule has 3 aliphatic rings. The minimum atomic E-state index is -0.252. The minimum absolute atomic E-state index is 0.108. The lowest BCUT2D eigenvalue weighted by Gasteiger charge is -2.37. The molecule has 0 unspecified atom stereocenters. The van der Waals surface area contributed by atoms with E-state index in [1.807, 2.05) is 26.0 Å². The second-order valence-corrected chi connectivity index (χ2v) is 10.6. The van der Waals surface area contributed by atoms with Crippen molar-refractivity contribution < 1.29 is 18.6 Å². The van der Waals surface area contributed by atoms with Crippen LogP contribution in [-0.4, -0.2) is 39.4 Å². The number of aliphatic imine (C=N–C) groups is 1. The first-order valence-electron chi connectivity index (χ1n) is 12.7. The maximum absolute atomic E-state index is 14.5. The summed E-state index contributed by atoms with van der Waals surface area (Å²) in [5, 5.41) is 0. The van der Waals surface area contributed by atoms with E-state index < -0.39 is 0 Å². The average molecular weight is 484 g/mol. The number of nitrogens with zero attached hydrogens (tertiary/aromatic N) is 1. The molecule has 4 nitrogen and oxygen atoms in total. The second kappa shape index (κ2) is 11.6. The van der Waals surface area contributed by atoms with Crippen molar-refractivity contribution in [1.82, 2.24) is 0 Å². The van der Waals surface area contributed by atoms with Crippen LogP contribution in [0.2, 0.25) is 0 Å². The first kappa shape index (κ1) is 27.2. The zero-order valence-electron chi connectivity index (χ0n) is 22.6. The maximum Gasteiger partial charge on any atom is 0.208 e. The molecule has 35 heavy (non-hydrogen) atoms. The van der Waals surface area contributed by atoms with Gasteiger partial charge < -0.3 is 14.2 Å². The Morgan fingerprint density at radius 2 is 1.91 bits per heavy atom. The minimum Gasteiger partial charge on any atom is -0.497 e. The first-order chi connectivity index (χ1) is 16.6. The second-order valence-electron chi connectivity index (χ2n) is 10.6. The Balaban J connectivity index is 1.67. The molecule has 0 amide bonds. The highest BCUT2D eigenvalue weighted by molar-refractivity contribution is 5.89. The van der Waals surface area contributed by atoms with Crippen molar-refractivity contribution in [2.75, 3.05) is 33.5 Å². The van der Waals surface area contributed by atoms with Gasteiger partial charge in [0.05, 0.1) is 25.6 Å². The van der Waals surface area contributed by atoms with Crippen LogP contribution < -0.4 is 0 Å². The summed E-state index contributed by atoms with van der Waals surface area (Å²) in [7, 11) is 1.70. The fourth-order valence-electron chi connectivity index (χ4n) is 4.89. The van der Waals surface area contributed by atoms with Crippen LogP contribution in [0.5, 0.6) is 0 Å². The van der Waals surface area contributed by atoms with Crippen molar-refractivity contribution in [1.29, 1.82) is 0 Å². The van der Waals surface area contributed by atoms with Gasteiger partial charge in [-0.25, -0.2) is 4.39 Å². The fourth-order valence-corrected chi connectivity index (χ4v) is 4.89. The van der Waals surface area contributed by atoms with Gasteiger partial charge in [-0.3, -0.25) is 4.99 Å². The molecule has 0 bridgehead atoms. The summed E-state index contributed by atoms with van der Waals surface area (Å²) in [5.41, 5.74) is 6.35. The van der Waals surface area contributed by atoms with E-state index in [9.17, 15) is 4.39 Å². The summed E-state index contributed by atoms with van der Waals surface area (Å²) < 4.78 is 31.7. The lowest BCUT2D eigenvalue weighted by atomic mass is 9.90. The van der Waals surface area contributed by atoms with Crippen molar-refractivity contribution in [2.45, 2.75) is 60.8 Å². The molecule has 3 rings (SSSR count). The standard InChI is InChI=1S/C30H42FNO3/c1-9-27(19(2)10-21(4)35-18-30(7)16-33-17-30)20(3)11-26(23(6)31)15-34-29(32-8)14-24-12-25-13-28(25)22(24)5/h10-11,14,25,28H,5,9,12-13,15-18H2,1-4,6-8H3/b20-11+,21-10+,24-14-,26-23-,27-19+,32-29+/t25-,28-/m0/s1. The quantitative estimate of drug-likeness (QED) is 0.140. The van der Waals surface area contributed by atoms with Gasteiger partial charge in [0.1, 0.15) is 12.4 Å². The Kier molecular flexibility index (Phi) is 8.98. The molecule has 0 aromatic rings. The molecule has 0 radical (unpaired) electrons. The van der Waals surface area contributed by atoms with Crippen LogP contribution in [0, 0.1) is 17.3 Å². The number of rotatable bonds is 10. The summed E-state index contributed by atoms with van der Waals surface area (Å²) in [4.78, 5) is 4.27. The van der Waals surface area contributed by atoms with Crippen molar-refractivity contribution in [2.24, 2.45) is 22.2 Å². The van der Waals surface area contributed by atoms with E-state index in [1.165, 1.54) is 24.5 Å². The molecule has 5 heteroatoms. The summed E-state index contributed by atoms with van der Waals surface area (Å²) in [6.45, 7) is 18.3. The Hall–Kier alpha value is -2.40. The molecule has 0 aromatic carbocycles. The van der Waals surface area contributed by atoms with E-state index in [4.69, 9.17) is 14.2 Å². The topological polar surface area (TPSA) is 40.0 Å². The van der Waals surface area contributed by atoms with Gasteiger partial charge in [-0.2, -0.15) is 0 Å². The Bertz CT molecular complexity index is 1020. The third-order valence-electron chi connectivity index (χ3n) is 7.27. The van der Waals surface area contributed by atoms with Gasteiger partial charge in [0.25, 0.3) is 0 Å². The van der Waals surface area contributed by atoms with E-state index in [0.717, 1.165) is 54.5 Å². The van der Waals surface area contributed by atoms with Crippen LogP contribution in [0.4, 0.5) is 4.39 Å². The molecule has 0 aromatic heterocycles. The molecule has 192 valence electrons. The molecule has 1 aliphatic heterocycles. The van der Waals surface area contributed by atoms with Gasteiger partial charge in [0.2, 0.25) is 5.90 Å². The summed E-state index contributed by atoms with van der Waals surface area (Å²) >= 11 is 0. The molecular weight excluding hydrogens is 441 g/mol. The summed E-state index contributed by atoms with van der Waals surface area (Å²) in [6.07, 6.45) is 9.06. The van der Waals surface area contributed by atoms with Crippen molar-refractivity contribution in [3.8, 4) is 0 Å². The van der Waals surface area contributed by atoms with E-state index >= 15 is 0 Å². The van der Waals surface area contributed by atoms with Crippen LogP contribution in [0.3, 0.4) is 0 Å². The molecule has 0 spiro atoms. The lowest BCUT2D eigenvalue weighted by molar-refractivity contribution is -0.129. The predicted octanol–water partition coefficient (Wildman–Crippen LogP) is 7.43. The number of fused-ring (bicyclic) bond motifs is 1. The van der Waals surface area contributed by atoms with Crippen LogP contribution in [0.15, 0.2) is 74.8 Å². The van der Waals surface area contributed by atoms with Gasteiger partial charge in [-0.05, 0) is 98.8 Å². The molecule has 2 atom stereocenters. The van der Waals surface area contributed by atoms with E-state index in [0.29, 0.717) is 24.0 Å². The van der Waals surface area contributed by atoms with E-state index in [-0.39, 0.29) is 17.8 Å². The van der Waals surface area contributed by atoms with Gasteiger partial charge in [0.15, 0.2) is 0 Å². The maximum atomic E-state index is 14.5. The zero-order chi connectivity index (χ0) is 25.8. The highest BCUT2D eigenvalue weighted by Crippen LogP contribution is 2.56. The molecule has 3 fully saturated rings.